The molecule has 184 valence electrons. The van der Waals surface area contributed by atoms with Gasteiger partial charge in [-0.05, 0) is 57.8 Å². The SMILES string of the molecule is CC(C)(C)c1cc([C@H](c2ccco2)C(C#N)(C#N)O[Si](C)(C)C(C)(C)C)cc(C(C)(C)C)c1O. The van der Waals surface area contributed by atoms with E-state index in [1.54, 1.807) is 18.4 Å². The average molecular weight is 481 g/mol. The summed E-state index contributed by atoms with van der Waals surface area (Å²) in [6.45, 7) is 22.5. The lowest BCUT2D eigenvalue weighted by molar-refractivity contribution is 0.138. The van der Waals surface area contributed by atoms with E-state index in [1.165, 1.54) is 0 Å². The van der Waals surface area contributed by atoms with Crippen LogP contribution in [0.15, 0.2) is 34.9 Å². The first-order chi connectivity index (χ1) is 15.3. The van der Waals surface area contributed by atoms with Crippen molar-refractivity contribution in [3.63, 3.8) is 0 Å². The third-order valence-corrected chi connectivity index (χ3v) is 11.3. The number of phenols is 1. The van der Waals surface area contributed by atoms with Crippen LogP contribution in [0.25, 0.3) is 0 Å². The molecule has 1 aromatic heterocycles. The molecule has 0 spiro atoms. The Morgan fingerprint density at radius 2 is 1.38 bits per heavy atom. The molecule has 0 aliphatic heterocycles. The van der Waals surface area contributed by atoms with E-state index in [9.17, 15) is 15.6 Å². The Hall–Kier alpha value is -2.54. The number of hydrogen-bond acceptors (Lipinski definition) is 5. The van der Waals surface area contributed by atoms with Crippen molar-refractivity contribution in [2.45, 2.75) is 103 Å². The van der Waals surface area contributed by atoms with Gasteiger partial charge < -0.3 is 13.9 Å². The Kier molecular flexibility index (Phi) is 7.26. The summed E-state index contributed by atoms with van der Waals surface area (Å²) in [6, 6.07) is 11.8. The van der Waals surface area contributed by atoms with Gasteiger partial charge in [-0.1, -0.05) is 74.4 Å². The van der Waals surface area contributed by atoms with Gasteiger partial charge in [0.05, 0.1) is 12.2 Å². The zero-order valence-corrected chi connectivity index (χ0v) is 23.6. The maximum absolute atomic E-state index is 11.2. The second kappa shape index (κ2) is 8.91. The number of furan rings is 1. The minimum absolute atomic E-state index is 0.207. The molecule has 0 saturated heterocycles. The van der Waals surface area contributed by atoms with Gasteiger partial charge >= 0.3 is 0 Å². The second-order valence-corrected chi connectivity index (χ2v) is 17.5. The highest BCUT2D eigenvalue weighted by atomic mass is 28.4. The van der Waals surface area contributed by atoms with Crippen molar-refractivity contribution in [3.05, 3.63) is 53.0 Å². The van der Waals surface area contributed by atoms with E-state index in [-0.39, 0.29) is 21.6 Å². The highest BCUT2D eigenvalue weighted by Crippen LogP contribution is 2.48. The van der Waals surface area contributed by atoms with Gasteiger partial charge in [0.15, 0.2) is 8.32 Å². The number of hydrogen-bond donors (Lipinski definition) is 1. The van der Waals surface area contributed by atoms with Crippen molar-refractivity contribution >= 4 is 8.32 Å². The van der Waals surface area contributed by atoms with Crippen LogP contribution in [0.1, 0.15) is 90.7 Å². The van der Waals surface area contributed by atoms with Crippen molar-refractivity contribution in [1.29, 1.82) is 10.5 Å². The number of nitrogens with zero attached hydrogens (tertiary/aromatic N) is 2. The lowest BCUT2D eigenvalue weighted by atomic mass is 9.74. The van der Waals surface area contributed by atoms with E-state index in [0.717, 1.165) is 11.1 Å². The molecule has 0 amide bonds. The molecule has 34 heavy (non-hydrogen) atoms. The molecule has 0 bridgehead atoms. The fourth-order valence-electron chi connectivity index (χ4n) is 3.84. The number of rotatable bonds is 5. The van der Waals surface area contributed by atoms with Gasteiger partial charge in [0.25, 0.3) is 0 Å². The summed E-state index contributed by atoms with van der Waals surface area (Å²) >= 11 is 0. The van der Waals surface area contributed by atoms with Crippen LogP contribution in [0.2, 0.25) is 18.1 Å². The van der Waals surface area contributed by atoms with Gasteiger partial charge in [-0.15, -0.1) is 0 Å². The molecule has 0 fully saturated rings. The third kappa shape index (κ3) is 5.24. The number of benzene rings is 1. The summed E-state index contributed by atoms with van der Waals surface area (Å²) in [4.78, 5) is 0. The van der Waals surface area contributed by atoms with Gasteiger partial charge in [-0.25, -0.2) is 0 Å². The molecular formula is C28H40N2O3Si. The first-order valence-corrected chi connectivity index (χ1v) is 14.7. The Bertz CT molecular complexity index is 1050. The molecule has 1 atom stereocenters. The lowest BCUT2D eigenvalue weighted by Crippen LogP contribution is -2.51. The normalized spacial score (nSPS) is 14.4. The largest absolute Gasteiger partial charge is 0.507 e. The van der Waals surface area contributed by atoms with Crippen LogP contribution < -0.4 is 0 Å². The summed E-state index contributed by atoms with van der Waals surface area (Å²) < 4.78 is 12.4. The standard InChI is InChI=1S/C28H40N2O3Si/c1-25(2,3)20-15-19(16-21(24(20)31)26(4,5)6)23(22-13-12-14-32-22)28(17-29,18-30)33-34(10,11)27(7,8)9/h12-16,23,31H,1-11H3/t23-/m1/s1. The summed E-state index contributed by atoms with van der Waals surface area (Å²) in [7, 11) is -2.54. The van der Waals surface area contributed by atoms with Crippen LogP contribution >= 0.6 is 0 Å². The summed E-state index contributed by atoms with van der Waals surface area (Å²) in [5.41, 5.74) is -0.314. The van der Waals surface area contributed by atoms with Crippen LogP contribution in [-0.2, 0) is 15.3 Å². The van der Waals surface area contributed by atoms with Gasteiger partial charge in [0, 0.05) is 0 Å². The van der Waals surface area contributed by atoms with Crippen LogP contribution in [-0.4, -0.2) is 19.0 Å². The number of phenolic OH excluding ortho intramolecular Hbond substituents is 1. The van der Waals surface area contributed by atoms with Crippen molar-refractivity contribution in [2.75, 3.05) is 0 Å². The Morgan fingerprint density at radius 3 is 1.71 bits per heavy atom. The molecule has 1 aromatic carbocycles. The van der Waals surface area contributed by atoms with E-state index in [1.807, 2.05) is 66.8 Å². The van der Waals surface area contributed by atoms with E-state index in [4.69, 9.17) is 8.84 Å². The molecular weight excluding hydrogens is 440 g/mol. The molecule has 1 N–H and O–H groups in total. The fourth-order valence-corrected chi connectivity index (χ4v) is 5.16. The van der Waals surface area contributed by atoms with Crippen LogP contribution in [0.3, 0.4) is 0 Å². The number of nitriles is 2. The first kappa shape index (κ1) is 27.7. The third-order valence-electron chi connectivity index (χ3n) is 6.87. The molecule has 0 aliphatic carbocycles. The highest BCUT2D eigenvalue weighted by Gasteiger charge is 2.52. The van der Waals surface area contributed by atoms with Gasteiger partial charge in [0.2, 0.25) is 5.60 Å². The summed E-state index contributed by atoms with van der Waals surface area (Å²) in [5.74, 6) is -0.0755. The zero-order chi connectivity index (χ0) is 26.3. The first-order valence-electron chi connectivity index (χ1n) is 11.7. The topological polar surface area (TPSA) is 90.2 Å². The molecule has 0 aliphatic rings. The van der Waals surface area contributed by atoms with Crippen molar-refractivity contribution in [2.24, 2.45) is 0 Å². The smallest absolute Gasteiger partial charge is 0.246 e. The molecule has 0 radical (unpaired) electrons. The van der Waals surface area contributed by atoms with Crippen molar-refractivity contribution in [1.82, 2.24) is 0 Å². The molecule has 1 heterocycles. The number of aromatic hydroxyl groups is 1. The predicted octanol–water partition coefficient (Wildman–Crippen LogP) is 7.52. The van der Waals surface area contributed by atoms with E-state index >= 15 is 0 Å². The van der Waals surface area contributed by atoms with E-state index in [2.05, 4.69) is 32.9 Å². The monoisotopic (exact) mass is 480 g/mol. The molecule has 0 unspecified atom stereocenters. The Morgan fingerprint density at radius 1 is 0.912 bits per heavy atom. The lowest BCUT2D eigenvalue weighted by Gasteiger charge is -2.42. The molecule has 6 heteroatoms. The van der Waals surface area contributed by atoms with Gasteiger partial charge in [-0.3, -0.25) is 0 Å². The average Bonchev–Trinajstić information content (AvgIpc) is 3.19. The maximum Gasteiger partial charge on any atom is 0.246 e. The van der Waals surface area contributed by atoms with Gasteiger partial charge in [-0.2, -0.15) is 10.5 Å². The fraction of sp³-hybridized carbons (Fsp3) is 0.571. The quantitative estimate of drug-likeness (QED) is 0.447. The minimum Gasteiger partial charge on any atom is -0.507 e. The highest BCUT2D eigenvalue weighted by molar-refractivity contribution is 6.74. The predicted molar refractivity (Wildman–Crippen MR) is 138 cm³/mol. The van der Waals surface area contributed by atoms with Gasteiger partial charge in [0.1, 0.15) is 23.6 Å². The van der Waals surface area contributed by atoms with E-state index < -0.39 is 19.8 Å². The molecule has 0 saturated carbocycles. The molecule has 2 aromatic rings. The molecule has 5 nitrogen and oxygen atoms in total. The second-order valence-electron chi connectivity index (χ2n) is 12.7. The van der Waals surface area contributed by atoms with Crippen LogP contribution in [0.4, 0.5) is 0 Å². The summed E-state index contributed by atoms with van der Waals surface area (Å²) in [6.07, 6.45) is 1.55. The zero-order valence-electron chi connectivity index (χ0n) is 22.6. The maximum atomic E-state index is 11.2. The van der Waals surface area contributed by atoms with Crippen molar-refractivity contribution < 1.29 is 13.9 Å². The summed E-state index contributed by atoms with van der Waals surface area (Å²) in [5, 5.41) is 32.0. The Balaban J connectivity index is 2.96. The van der Waals surface area contributed by atoms with Crippen molar-refractivity contribution in [3.8, 4) is 17.9 Å². The Labute approximate surface area is 206 Å². The van der Waals surface area contributed by atoms with Crippen LogP contribution in [0, 0.1) is 22.7 Å². The van der Waals surface area contributed by atoms with E-state index in [0.29, 0.717) is 11.3 Å². The van der Waals surface area contributed by atoms with Crippen LogP contribution in [0.5, 0.6) is 5.75 Å². The minimum atomic E-state index is -2.54. The molecule has 2 rings (SSSR count).